The third kappa shape index (κ3) is 3.57. The van der Waals surface area contributed by atoms with Gasteiger partial charge in [-0.25, -0.2) is 4.79 Å². The molecule has 100 valence electrons. The zero-order valence-electron chi connectivity index (χ0n) is 11.9. The predicted octanol–water partition coefficient (Wildman–Crippen LogP) is 3.30. The number of benzene rings is 1. The summed E-state index contributed by atoms with van der Waals surface area (Å²) in [6, 6.07) is 7.00. The van der Waals surface area contributed by atoms with Crippen LogP contribution in [0.1, 0.15) is 50.5 Å². The lowest BCUT2D eigenvalue weighted by molar-refractivity contribution is 0.0697. The van der Waals surface area contributed by atoms with E-state index in [2.05, 4.69) is 39.9 Å². The molecular formula is C15H23NO2. The van der Waals surface area contributed by atoms with Gasteiger partial charge in [0.1, 0.15) is 0 Å². The second-order valence-electron chi connectivity index (χ2n) is 6.23. The van der Waals surface area contributed by atoms with Crippen molar-refractivity contribution in [3.05, 3.63) is 35.4 Å². The van der Waals surface area contributed by atoms with E-state index < -0.39 is 5.97 Å². The number of carboxylic acid groups (broad SMARTS) is 1. The molecule has 0 bridgehead atoms. The third-order valence-electron chi connectivity index (χ3n) is 3.81. The maximum atomic E-state index is 10.7. The highest BCUT2D eigenvalue weighted by molar-refractivity contribution is 5.87. The van der Waals surface area contributed by atoms with Crippen LogP contribution < -0.4 is 5.32 Å². The molecule has 0 aliphatic carbocycles. The number of nitrogens with one attached hydrogen (secondary N) is 1. The Labute approximate surface area is 109 Å². The topological polar surface area (TPSA) is 49.3 Å². The summed E-state index contributed by atoms with van der Waals surface area (Å²) in [5, 5.41) is 12.3. The van der Waals surface area contributed by atoms with E-state index in [-0.39, 0.29) is 11.0 Å². The summed E-state index contributed by atoms with van der Waals surface area (Å²) >= 11 is 0. The SMILES string of the molecule is CC(C)(C)C(C)(C)NCc1ccc(C(=O)O)cc1. The summed E-state index contributed by atoms with van der Waals surface area (Å²) in [5.74, 6) is -0.885. The first-order valence-corrected chi connectivity index (χ1v) is 6.21. The minimum atomic E-state index is -0.885. The van der Waals surface area contributed by atoms with Gasteiger partial charge in [-0.05, 0) is 37.0 Å². The van der Waals surface area contributed by atoms with E-state index in [1.807, 2.05) is 12.1 Å². The second kappa shape index (κ2) is 5.11. The van der Waals surface area contributed by atoms with Gasteiger partial charge >= 0.3 is 5.97 Å². The molecule has 3 heteroatoms. The van der Waals surface area contributed by atoms with Crippen LogP contribution in [0.4, 0.5) is 0 Å². The van der Waals surface area contributed by atoms with Gasteiger partial charge in [-0.15, -0.1) is 0 Å². The lowest BCUT2D eigenvalue weighted by atomic mass is 9.76. The normalized spacial score (nSPS) is 12.5. The quantitative estimate of drug-likeness (QED) is 0.860. The van der Waals surface area contributed by atoms with Crippen molar-refractivity contribution in [3.8, 4) is 0 Å². The molecule has 18 heavy (non-hydrogen) atoms. The number of rotatable bonds is 4. The Kier molecular flexibility index (Phi) is 4.17. The molecule has 1 rings (SSSR count). The Morgan fingerprint density at radius 1 is 1.11 bits per heavy atom. The molecule has 0 radical (unpaired) electrons. The highest BCUT2D eigenvalue weighted by Crippen LogP contribution is 2.29. The van der Waals surface area contributed by atoms with Gasteiger partial charge in [0, 0.05) is 12.1 Å². The fourth-order valence-electron chi connectivity index (χ4n) is 1.35. The van der Waals surface area contributed by atoms with Crippen molar-refractivity contribution >= 4 is 5.97 Å². The molecule has 0 unspecified atom stereocenters. The first kappa shape index (κ1) is 14.7. The number of carbonyl (C=O) groups is 1. The van der Waals surface area contributed by atoms with Crippen molar-refractivity contribution in [3.63, 3.8) is 0 Å². The molecule has 0 saturated carbocycles. The molecule has 0 heterocycles. The third-order valence-corrected chi connectivity index (χ3v) is 3.81. The van der Waals surface area contributed by atoms with Crippen molar-refractivity contribution in [2.45, 2.75) is 46.7 Å². The van der Waals surface area contributed by atoms with E-state index in [1.54, 1.807) is 12.1 Å². The Hall–Kier alpha value is -1.35. The average Bonchev–Trinajstić information content (AvgIpc) is 2.25. The van der Waals surface area contributed by atoms with Crippen molar-refractivity contribution in [1.82, 2.24) is 5.32 Å². The van der Waals surface area contributed by atoms with Crippen LogP contribution >= 0.6 is 0 Å². The van der Waals surface area contributed by atoms with Crippen LogP contribution in [-0.4, -0.2) is 16.6 Å². The van der Waals surface area contributed by atoms with Crippen LogP contribution in [0, 0.1) is 5.41 Å². The Morgan fingerprint density at radius 3 is 2.00 bits per heavy atom. The molecule has 0 spiro atoms. The average molecular weight is 249 g/mol. The maximum Gasteiger partial charge on any atom is 0.335 e. The smallest absolute Gasteiger partial charge is 0.335 e. The van der Waals surface area contributed by atoms with Gasteiger partial charge in [0.2, 0.25) is 0 Å². The number of carboxylic acids is 1. The monoisotopic (exact) mass is 249 g/mol. The molecule has 1 aromatic carbocycles. The summed E-state index contributed by atoms with van der Waals surface area (Å²) < 4.78 is 0. The van der Waals surface area contributed by atoms with Gasteiger partial charge in [-0.2, -0.15) is 0 Å². The lowest BCUT2D eigenvalue weighted by Gasteiger charge is -2.40. The molecule has 0 aromatic heterocycles. The first-order valence-electron chi connectivity index (χ1n) is 6.21. The molecule has 0 saturated heterocycles. The fourth-order valence-corrected chi connectivity index (χ4v) is 1.35. The van der Waals surface area contributed by atoms with Crippen LogP contribution in [0.25, 0.3) is 0 Å². The van der Waals surface area contributed by atoms with Crippen LogP contribution in [-0.2, 0) is 6.54 Å². The summed E-state index contributed by atoms with van der Waals surface area (Å²) in [5.41, 5.74) is 1.60. The van der Waals surface area contributed by atoms with Crippen LogP contribution in [0.2, 0.25) is 0 Å². The standard InChI is InChI=1S/C15H23NO2/c1-14(2,3)15(4,5)16-10-11-6-8-12(9-7-11)13(17)18/h6-9,16H,10H2,1-5H3,(H,17,18). The van der Waals surface area contributed by atoms with E-state index in [0.717, 1.165) is 12.1 Å². The lowest BCUT2D eigenvalue weighted by Crippen LogP contribution is -2.49. The summed E-state index contributed by atoms with van der Waals surface area (Å²) in [7, 11) is 0. The minimum Gasteiger partial charge on any atom is -0.478 e. The van der Waals surface area contributed by atoms with Gasteiger partial charge < -0.3 is 10.4 Å². The van der Waals surface area contributed by atoms with Crippen molar-refractivity contribution in [1.29, 1.82) is 0 Å². The molecule has 2 N–H and O–H groups in total. The van der Waals surface area contributed by atoms with Crippen molar-refractivity contribution in [2.75, 3.05) is 0 Å². The Balaban J connectivity index is 2.67. The molecule has 0 aliphatic heterocycles. The highest BCUT2D eigenvalue weighted by atomic mass is 16.4. The van der Waals surface area contributed by atoms with E-state index in [9.17, 15) is 4.79 Å². The molecule has 0 fully saturated rings. The number of aromatic carboxylic acids is 1. The zero-order valence-corrected chi connectivity index (χ0v) is 11.9. The molecule has 3 nitrogen and oxygen atoms in total. The molecule has 0 amide bonds. The number of hydrogen-bond acceptors (Lipinski definition) is 2. The number of hydrogen-bond donors (Lipinski definition) is 2. The molecule has 1 aromatic rings. The van der Waals surface area contributed by atoms with Gasteiger partial charge in [-0.3, -0.25) is 0 Å². The summed E-state index contributed by atoms with van der Waals surface area (Å²) in [4.78, 5) is 10.7. The Bertz CT molecular complexity index is 413. The summed E-state index contributed by atoms with van der Waals surface area (Å²) in [6.45, 7) is 11.7. The van der Waals surface area contributed by atoms with E-state index >= 15 is 0 Å². The molecular weight excluding hydrogens is 226 g/mol. The molecule has 0 atom stereocenters. The van der Waals surface area contributed by atoms with E-state index in [4.69, 9.17) is 5.11 Å². The maximum absolute atomic E-state index is 10.7. The minimum absolute atomic E-state index is 0.0124. The summed E-state index contributed by atoms with van der Waals surface area (Å²) in [6.07, 6.45) is 0. The predicted molar refractivity (Wildman–Crippen MR) is 73.8 cm³/mol. The van der Waals surface area contributed by atoms with E-state index in [1.165, 1.54) is 0 Å². The van der Waals surface area contributed by atoms with Crippen LogP contribution in [0.3, 0.4) is 0 Å². The van der Waals surface area contributed by atoms with Gasteiger partial charge in [0.05, 0.1) is 5.56 Å². The zero-order chi connectivity index (χ0) is 14.0. The van der Waals surface area contributed by atoms with Crippen molar-refractivity contribution in [2.24, 2.45) is 5.41 Å². The fraction of sp³-hybridized carbons (Fsp3) is 0.533. The Morgan fingerprint density at radius 2 is 1.61 bits per heavy atom. The van der Waals surface area contributed by atoms with E-state index in [0.29, 0.717) is 5.56 Å². The first-order chi connectivity index (χ1) is 8.13. The van der Waals surface area contributed by atoms with Crippen molar-refractivity contribution < 1.29 is 9.90 Å². The van der Waals surface area contributed by atoms with Gasteiger partial charge in [-0.1, -0.05) is 32.9 Å². The van der Waals surface area contributed by atoms with Gasteiger partial charge in [0.15, 0.2) is 0 Å². The van der Waals surface area contributed by atoms with Gasteiger partial charge in [0.25, 0.3) is 0 Å². The van der Waals surface area contributed by atoms with Crippen LogP contribution in [0.15, 0.2) is 24.3 Å². The van der Waals surface area contributed by atoms with Crippen LogP contribution in [0.5, 0.6) is 0 Å². The largest absolute Gasteiger partial charge is 0.478 e. The highest BCUT2D eigenvalue weighted by Gasteiger charge is 2.31. The second-order valence-corrected chi connectivity index (χ2v) is 6.23. The molecule has 0 aliphatic rings.